The summed E-state index contributed by atoms with van der Waals surface area (Å²) in [6.07, 6.45) is 4.66. The zero-order valence-electron chi connectivity index (χ0n) is 21.0. The van der Waals surface area contributed by atoms with Gasteiger partial charge in [0.25, 0.3) is 5.56 Å². The van der Waals surface area contributed by atoms with E-state index in [0.717, 1.165) is 35.7 Å². The molecule has 0 aliphatic rings. The van der Waals surface area contributed by atoms with Crippen LogP contribution in [0, 0.1) is 18.8 Å². The molecule has 3 rings (SSSR count). The van der Waals surface area contributed by atoms with Gasteiger partial charge in [-0.15, -0.1) is 0 Å². The Bertz CT molecular complexity index is 1060. The van der Waals surface area contributed by atoms with Gasteiger partial charge in [0.05, 0.1) is 6.54 Å². The van der Waals surface area contributed by atoms with Crippen molar-refractivity contribution in [2.24, 2.45) is 11.8 Å². The fourth-order valence-corrected chi connectivity index (χ4v) is 3.97. The Labute approximate surface area is 199 Å². The van der Waals surface area contributed by atoms with E-state index in [1.807, 2.05) is 11.5 Å². The van der Waals surface area contributed by atoms with Crippen molar-refractivity contribution < 1.29 is 0 Å². The molecule has 0 unspecified atom stereocenters. The monoisotopic (exact) mass is 444 g/mol. The molecule has 0 fully saturated rings. The SMILES string of the molecule is Cc1cc(NCc2ccc(CCC(C)C)cc2)cc(=O)n1Cc1ccc(CCC(C)C)cc1. The summed E-state index contributed by atoms with van der Waals surface area (Å²) in [4.78, 5) is 12.8. The van der Waals surface area contributed by atoms with Crippen LogP contribution in [0.15, 0.2) is 65.5 Å². The largest absolute Gasteiger partial charge is 0.381 e. The van der Waals surface area contributed by atoms with Crippen LogP contribution in [0.2, 0.25) is 0 Å². The van der Waals surface area contributed by atoms with E-state index in [-0.39, 0.29) is 5.56 Å². The van der Waals surface area contributed by atoms with Crippen LogP contribution in [0.3, 0.4) is 0 Å². The molecule has 33 heavy (non-hydrogen) atoms. The molecular formula is C30H40N2O. The molecule has 0 radical (unpaired) electrons. The van der Waals surface area contributed by atoms with Gasteiger partial charge in [-0.3, -0.25) is 4.79 Å². The molecule has 1 N–H and O–H groups in total. The first-order valence-corrected chi connectivity index (χ1v) is 12.4. The molecule has 176 valence electrons. The highest BCUT2D eigenvalue weighted by molar-refractivity contribution is 5.44. The third-order valence-corrected chi connectivity index (χ3v) is 6.24. The molecule has 0 spiro atoms. The van der Waals surface area contributed by atoms with Crippen molar-refractivity contribution >= 4 is 5.69 Å². The lowest BCUT2D eigenvalue weighted by atomic mass is 10.0. The van der Waals surface area contributed by atoms with Crippen LogP contribution in [-0.2, 0) is 25.9 Å². The molecule has 0 aliphatic heterocycles. The van der Waals surface area contributed by atoms with Crippen molar-refractivity contribution in [3.8, 4) is 0 Å². The molecule has 3 heteroatoms. The molecular weight excluding hydrogens is 404 g/mol. The zero-order valence-corrected chi connectivity index (χ0v) is 21.0. The molecule has 1 heterocycles. The third kappa shape index (κ3) is 7.92. The second kappa shape index (κ2) is 11.9. The van der Waals surface area contributed by atoms with E-state index in [0.29, 0.717) is 19.0 Å². The highest BCUT2D eigenvalue weighted by Gasteiger charge is 2.06. The lowest BCUT2D eigenvalue weighted by Crippen LogP contribution is -2.22. The summed E-state index contributed by atoms with van der Waals surface area (Å²) in [6, 6.07) is 21.3. The number of aryl methyl sites for hydroxylation is 3. The Morgan fingerprint density at radius 2 is 1.21 bits per heavy atom. The highest BCUT2D eigenvalue weighted by Crippen LogP contribution is 2.15. The van der Waals surface area contributed by atoms with Gasteiger partial charge in [-0.05, 0) is 72.8 Å². The van der Waals surface area contributed by atoms with Gasteiger partial charge in [0.15, 0.2) is 0 Å². The normalized spacial score (nSPS) is 11.4. The Morgan fingerprint density at radius 1 is 0.727 bits per heavy atom. The first kappa shape index (κ1) is 24.8. The van der Waals surface area contributed by atoms with Crippen LogP contribution < -0.4 is 10.9 Å². The summed E-state index contributed by atoms with van der Waals surface area (Å²) in [5.41, 5.74) is 7.02. The van der Waals surface area contributed by atoms with Crippen molar-refractivity contribution in [3.05, 3.63) is 99.0 Å². The molecule has 3 nitrogen and oxygen atoms in total. The Kier molecular flexibility index (Phi) is 8.94. The predicted octanol–water partition coefficient (Wildman–Crippen LogP) is 6.99. The fourth-order valence-electron chi connectivity index (χ4n) is 3.97. The van der Waals surface area contributed by atoms with Crippen molar-refractivity contribution in [3.63, 3.8) is 0 Å². The Hall–Kier alpha value is -2.81. The maximum Gasteiger partial charge on any atom is 0.253 e. The maximum atomic E-state index is 12.8. The van der Waals surface area contributed by atoms with E-state index < -0.39 is 0 Å². The first-order valence-electron chi connectivity index (χ1n) is 12.4. The summed E-state index contributed by atoms with van der Waals surface area (Å²) in [5.74, 6) is 1.44. The molecule has 0 saturated carbocycles. The smallest absolute Gasteiger partial charge is 0.253 e. The van der Waals surface area contributed by atoms with Gasteiger partial charge in [-0.1, -0.05) is 76.2 Å². The van der Waals surface area contributed by atoms with Gasteiger partial charge >= 0.3 is 0 Å². The van der Waals surface area contributed by atoms with Crippen LogP contribution in [0.4, 0.5) is 5.69 Å². The number of pyridine rings is 1. The van der Waals surface area contributed by atoms with Gasteiger partial charge in [-0.25, -0.2) is 0 Å². The number of benzene rings is 2. The summed E-state index contributed by atoms with van der Waals surface area (Å²) < 4.78 is 1.85. The molecule has 1 aromatic heterocycles. The average Bonchev–Trinajstić information content (AvgIpc) is 2.78. The zero-order chi connectivity index (χ0) is 23.8. The van der Waals surface area contributed by atoms with E-state index in [9.17, 15) is 4.79 Å². The lowest BCUT2D eigenvalue weighted by molar-refractivity contribution is 0.586. The fraction of sp³-hybridized carbons (Fsp3) is 0.433. The number of aromatic nitrogens is 1. The molecule has 2 aromatic carbocycles. The van der Waals surface area contributed by atoms with E-state index in [1.54, 1.807) is 6.07 Å². The quantitative estimate of drug-likeness (QED) is 0.346. The molecule has 0 bridgehead atoms. The van der Waals surface area contributed by atoms with E-state index in [4.69, 9.17) is 0 Å². The minimum Gasteiger partial charge on any atom is -0.381 e. The standard InChI is InChI=1S/C30H40N2O/c1-22(2)6-8-25-10-14-27(15-11-25)20-31-29-18-24(5)32(30(33)19-29)21-28-16-12-26(13-17-28)9-7-23(3)4/h10-19,22-23,31H,6-9,20-21H2,1-5H3. The minimum atomic E-state index is 0.0328. The van der Waals surface area contributed by atoms with E-state index in [1.165, 1.54) is 29.5 Å². The molecule has 3 aromatic rings. The lowest BCUT2D eigenvalue weighted by Gasteiger charge is -2.14. The van der Waals surface area contributed by atoms with Gasteiger partial charge in [0.1, 0.15) is 0 Å². The van der Waals surface area contributed by atoms with Gasteiger partial charge < -0.3 is 9.88 Å². The number of rotatable bonds is 11. The highest BCUT2D eigenvalue weighted by atomic mass is 16.1. The van der Waals surface area contributed by atoms with Crippen LogP contribution in [0.1, 0.15) is 68.5 Å². The summed E-state index contributed by atoms with van der Waals surface area (Å²) in [5, 5.41) is 3.42. The molecule has 0 aliphatic carbocycles. The number of hydrogen-bond donors (Lipinski definition) is 1. The topological polar surface area (TPSA) is 34.0 Å². The summed E-state index contributed by atoms with van der Waals surface area (Å²) in [6.45, 7) is 12.4. The van der Waals surface area contributed by atoms with Gasteiger partial charge in [-0.2, -0.15) is 0 Å². The van der Waals surface area contributed by atoms with Gasteiger partial charge in [0.2, 0.25) is 0 Å². The number of anilines is 1. The van der Waals surface area contributed by atoms with E-state index in [2.05, 4.69) is 87.6 Å². The van der Waals surface area contributed by atoms with Crippen molar-refractivity contribution in [2.45, 2.75) is 73.4 Å². The third-order valence-electron chi connectivity index (χ3n) is 6.24. The molecule has 0 atom stereocenters. The predicted molar refractivity (Wildman–Crippen MR) is 141 cm³/mol. The Morgan fingerprint density at radius 3 is 1.70 bits per heavy atom. The summed E-state index contributed by atoms with van der Waals surface area (Å²) in [7, 11) is 0. The van der Waals surface area contributed by atoms with Crippen molar-refractivity contribution in [2.75, 3.05) is 5.32 Å². The van der Waals surface area contributed by atoms with Crippen LogP contribution in [0.25, 0.3) is 0 Å². The second-order valence-electron chi connectivity index (χ2n) is 10.2. The summed E-state index contributed by atoms with van der Waals surface area (Å²) >= 11 is 0. The van der Waals surface area contributed by atoms with Crippen molar-refractivity contribution in [1.29, 1.82) is 0 Å². The maximum absolute atomic E-state index is 12.8. The van der Waals surface area contributed by atoms with Crippen molar-refractivity contribution in [1.82, 2.24) is 4.57 Å². The number of hydrogen-bond acceptors (Lipinski definition) is 2. The van der Waals surface area contributed by atoms with E-state index >= 15 is 0 Å². The molecule has 0 amide bonds. The van der Waals surface area contributed by atoms with Crippen LogP contribution >= 0.6 is 0 Å². The van der Waals surface area contributed by atoms with Crippen LogP contribution in [0.5, 0.6) is 0 Å². The first-order chi connectivity index (χ1) is 15.8. The number of nitrogens with zero attached hydrogens (tertiary/aromatic N) is 1. The second-order valence-corrected chi connectivity index (χ2v) is 10.2. The average molecular weight is 445 g/mol. The molecule has 0 saturated heterocycles. The van der Waals surface area contributed by atoms with Gasteiger partial charge in [0, 0.05) is 24.0 Å². The Balaban J connectivity index is 1.59. The minimum absolute atomic E-state index is 0.0328. The number of nitrogens with one attached hydrogen (secondary N) is 1. The van der Waals surface area contributed by atoms with Crippen LogP contribution in [-0.4, -0.2) is 4.57 Å².